The SMILES string of the molecule is CC#CCCC1(O)CCCC12CCC2. The topological polar surface area (TPSA) is 20.2 Å². The summed E-state index contributed by atoms with van der Waals surface area (Å²) in [5, 5.41) is 10.6. The monoisotopic (exact) mass is 192 g/mol. The van der Waals surface area contributed by atoms with E-state index in [0.29, 0.717) is 5.41 Å². The first-order valence-corrected chi connectivity index (χ1v) is 5.84. The summed E-state index contributed by atoms with van der Waals surface area (Å²) in [6.07, 6.45) is 9.08. The fourth-order valence-corrected chi connectivity index (χ4v) is 3.32. The standard InChI is InChI=1S/C13H20O/c1-2-3-4-10-13(14)11-6-9-12(13)7-5-8-12/h14H,4-11H2,1H3. The second-order valence-electron chi connectivity index (χ2n) is 4.95. The Balaban J connectivity index is 2.01. The zero-order valence-electron chi connectivity index (χ0n) is 9.10. The van der Waals surface area contributed by atoms with Crippen LogP contribution in [0.2, 0.25) is 0 Å². The van der Waals surface area contributed by atoms with E-state index in [1.165, 1.54) is 32.1 Å². The van der Waals surface area contributed by atoms with E-state index < -0.39 is 0 Å². The molecule has 2 saturated carbocycles. The van der Waals surface area contributed by atoms with E-state index in [4.69, 9.17) is 0 Å². The minimum Gasteiger partial charge on any atom is -0.389 e. The van der Waals surface area contributed by atoms with E-state index in [1.54, 1.807) is 0 Å². The molecule has 1 atom stereocenters. The molecule has 1 heteroatoms. The number of rotatable bonds is 2. The summed E-state index contributed by atoms with van der Waals surface area (Å²) in [4.78, 5) is 0. The van der Waals surface area contributed by atoms with Gasteiger partial charge in [-0.2, -0.15) is 0 Å². The van der Waals surface area contributed by atoms with Gasteiger partial charge in [-0.3, -0.25) is 0 Å². The van der Waals surface area contributed by atoms with E-state index in [9.17, 15) is 5.11 Å². The highest BCUT2D eigenvalue weighted by atomic mass is 16.3. The third-order valence-electron chi connectivity index (χ3n) is 4.38. The van der Waals surface area contributed by atoms with Crippen molar-refractivity contribution in [2.75, 3.05) is 0 Å². The Kier molecular flexibility index (Phi) is 2.58. The van der Waals surface area contributed by atoms with Gasteiger partial charge >= 0.3 is 0 Å². The van der Waals surface area contributed by atoms with Crippen molar-refractivity contribution in [2.45, 2.75) is 63.9 Å². The molecule has 1 unspecified atom stereocenters. The number of hydrogen-bond acceptors (Lipinski definition) is 1. The van der Waals surface area contributed by atoms with Gasteiger partial charge in [0.1, 0.15) is 0 Å². The van der Waals surface area contributed by atoms with E-state index >= 15 is 0 Å². The fourth-order valence-electron chi connectivity index (χ4n) is 3.32. The highest BCUT2D eigenvalue weighted by Crippen LogP contribution is 2.60. The Labute approximate surface area is 86.9 Å². The molecule has 2 aliphatic rings. The normalized spacial score (nSPS) is 33.6. The van der Waals surface area contributed by atoms with Crippen LogP contribution in [-0.4, -0.2) is 10.7 Å². The van der Waals surface area contributed by atoms with Gasteiger partial charge < -0.3 is 5.11 Å². The van der Waals surface area contributed by atoms with Crippen molar-refractivity contribution in [1.29, 1.82) is 0 Å². The van der Waals surface area contributed by atoms with Gasteiger partial charge in [0.2, 0.25) is 0 Å². The molecule has 0 heterocycles. The molecule has 1 nitrogen and oxygen atoms in total. The van der Waals surface area contributed by atoms with Crippen LogP contribution in [0.15, 0.2) is 0 Å². The predicted octanol–water partition coefficient (Wildman–Crippen LogP) is 2.88. The van der Waals surface area contributed by atoms with Crippen molar-refractivity contribution in [3.63, 3.8) is 0 Å². The molecular weight excluding hydrogens is 172 g/mol. The Morgan fingerprint density at radius 1 is 1.14 bits per heavy atom. The molecule has 1 N–H and O–H groups in total. The highest BCUT2D eigenvalue weighted by Gasteiger charge is 2.55. The first-order valence-electron chi connectivity index (χ1n) is 5.84. The predicted molar refractivity (Wildman–Crippen MR) is 57.8 cm³/mol. The lowest BCUT2D eigenvalue weighted by molar-refractivity contribution is -0.108. The van der Waals surface area contributed by atoms with Gasteiger partial charge in [0, 0.05) is 6.42 Å². The quantitative estimate of drug-likeness (QED) is 0.667. The van der Waals surface area contributed by atoms with Crippen molar-refractivity contribution in [2.24, 2.45) is 5.41 Å². The summed E-state index contributed by atoms with van der Waals surface area (Å²) in [5.74, 6) is 5.99. The molecule has 0 aromatic heterocycles. The van der Waals surface area contributed by atoms with Gasteiger partial charge in [-0.1, -0.05) is 6.42 Å². The fraction of sp³-hybridized carbons (Fsp3) is 0.846. The lowest BCUT2D eigenvalue weighted by atomic mass is 9.59. The van der Waals surface area contributed by atoms with E-state index in [0.717, 1.165) is 19.3 Å². The van der Waals surface area contributed by atoms with Crippen LogP contribution in [0.3, 0.4) is 0 Å². The van der Waals surface area contributed by atoms with Gasteiger partial charge in [0.25, 0.3) is 0 Å². The van der Waals surface area contributed by atoms with Crippen LogP contribution in [0.1, 0.15) is 58.3 Å². The Morgan fingerprint density at radius 2 is 1.79 bits per heavy atom. The maximum Gasteiger partial charge on any atom is 0.0712 e. The molecule has 0 radical (unpaired) electrons. The average molecular weight is 192 g/mol. The van der Waals surface area contributed by atoms with Gasteiger partial charge in [-0.25, -0.2) is 0 Å². The average Bonchev–Trinajstić information content (AvgIpc) is 2.43. The van der Waals surface area contributed by atoms with E-state index in [2.05, 4.69) is 11.8 Å². The zero-order chi connectivity index (χ0) is 10.1. The summed E-state index contributed by atoms with van der Waals surface area (Å²) >= 11 is 0. The van der Waals surface area contributed by atoms with Gasteiger partial charge in [0.05, 0.1) is 5.60 Å². The number of aliphatic hydroxyl groups is 1. The van der Waals surface area contributed by atoms with Crippen molar-refractivity contribution in [1.82, 2.24) is 0 Å². The van der Waals surface area contributed by atoms with Crippen LogP contribution >= 0.6 is 0 Å². The van der Waals surface area contributed by atoms with Crippen LogP contribution < -0.4 is 0 Å². The molecule has 0 aliphatic heterocycles. The molecule has 0 aromatic rings. The van der Waals surface area contributed by atoms with Crippen molar-refractivity contribution < 1.29 is 5.11 Å². The Bertz CT molecular complexity index is 267. The first kappa shape index (κ1) is 10.1. The first-order chi connectivity index (χ1) is 6.72. The van der Waals surface area contributed by atoms with Crippen molar-refractivity contribution >= 4 is 0 Å². The lowest BCUT2D eigenvalue weighted by Crippen LogP contribution is -2.48. The van der Waals surface area contributed by atoms with Crippen LogP contribution in [0.25, 0.3) is 0 Å². The van der Waals surface area contributed by atoms with Crippen molar-refractivity contribution in [3.05, 3.63) is 0 Å². The summed E-state index contributed by atoms with van der Waals surface area (Å²) in [6, 6.07) is 0. The van der Waals surface area contributed by atoms with Gasteiger partial charge in [0.15, 0.2) is 0 Å². The maximum absolute atomic E-state index is 10.6. The van der Waals surface area contributed by atoms with E-state index in [1.807, 2.05) is 6.92 Å². The highest BCUT2D eigenvalue weighted by molar-refractivity contribution is 5.09. The second kappa shape index (κ2) is 3.59. The summed E-state index contributed by atoms with van der Waals surface area (Å²) in [6.45, 7) is 1.87. The molecule has 2 aliphatic carbocycles. The van der Waals surface area contributed by atoms with E-state index in [-0.39, 0.29) is 5.60 Å². The minimum absolute atomic E-state index is 0.308. The van der Waals surface area contributed by atoms with Gasteiger partial charge in [-0.05, 0) is 50.9 Å². The molecule has 0 amide bonds. The maximum atomic E-state index is 10.6. The largest absolute Gasteiger partial charge is 0.389 e. The third kappa shape index (κ3) is 1.37. The Hall–Kier alpha value is -0.480. The van der Waals surface area contributed by atoms with Crippen LogP contribution in [0.5, 0.6) is 0 Å². The molecule has 2 fully saturated rings. The summed E-state index contributed by atoms with van der Waals surface area (Å²) < 4.78 is 0. The molecular formula is C13H20O. The smallest absolute Gasteiger partial charge is 0.0712 e. The van der Waals surface area contributed by atoms with Crippen LogP contribution in [-0.2, 0) is 0 Å². The molecule has 0 aromatic carbocycles. The summed E-state index contributed by atoms with van der Waals surface area (Å²) in [7, 11) is 0. The molecule has 1 spiro atoms. The molecule has 0 bridgehead atoms. The molecule has 78 valence electrons. The second-order valence-corrected chi connectivity index (χ2v) is 4.95. The van der Waals surface area contributed by atoms with Crippen LogP contribution in [0.4, 0.5) is 0 Å². The zero-order valence-corrected chi connectivity index (χ0v) is 9.10. The van der Waals surface area contributed by atoms with Crippen LogP contribution in [0, 0.1) is 17.3 Å². The molecule has 2 rings (SSSR count). The van der Waals surface area contributed by atoms with Gasteiger partial charge in [-0.15, -0.1) is 11.8 Å². The molecule has 0 saturated heterocycles. The molecule has 14 heavy (non-hydrogen) atoms. The minimum atomic E-state index is -0.366. The Morgan fingerprint density at radius 3 is 2.36 bits per heavy atom. The summed E-state index contributed by atoms with van der Waals surface area (Å²) in [5.41, 5.74) is -0.0580. The third-order valence-corrected chi connectivity index (χ3v) is 4.38. The van der Waals surface area contributed by atoms with Crippen molar-refractivity contribution in [3.8, 4) is 11.8 Å². The lowest BCUT2D eigenvalue weighted by Gasteiger charge is -2.49. The number of hydrogen-bond donors (Lipinski definition) is 1.